The number of aliphatic hydroxyl groups is 1. The van der Waals surface area contributed by atoms with Crippen LogP contribution in [0.15, 0.2) is 24.3 Å². The molecule has 1 aromatic rings. The fourth-order valence-electron chi connectivity index (χ4n) is 7.57. The average Bonchev–Trinajstić information content (AvgIpc) is 3.35. The van der Waals surface area contributed by atoms with Crippen LogP contribution < -0.4 is 10.2 Å². The van der Waals surface area contributed by atoms with Gasteiger partial charge in [-0.25, -0.2) is 14.0 Å². The number of rotatable bonds is 9. The third kappa shape index (κ3) is 6.54. The zero-order chi connectivity index (χ0) is 31.7. The molecule has 2 fully saturated rings. The van der Waals surface area contributed by atoms with Gasteiger partial charge in [-0.2, -0.15) is 0 Å². The number of fused-ring (bicyclic) bond motifs is 3. The van der Waals surface area contributed by atoms with E-state index in [1.54, 1.807) is 19.1 Å². The van der Waals surface area contributed by atoms with Crippen LogP contribution in [0.4, 0.5) is 4.39 Å². The summed E-state index contributed by atoms with van der Waals surface area (Å²) >= 11 is 0. The fraction of sp³-hybridized carbons (Fsp3) is 0.656. The number of carbonyl (C=O) groups is 3. The molecule has 1 heterocycles. The van der Waals surface area contributed by atoms with E-state index in [1.807, 2.05) is 13.8 Å². The Kier molecular flexibility index (Phi) is 9.78. The van der Waals surface area contributed by atoms with Gasteiger partial charge in [0.25, 0.3) is 0 Å². The maximum atomic E-state index is 15.0. The van der Waals surface area contributed by atoms with E-state index in [4.69, 9.17) is 18.9 Å². The fourth-order valence-corrected chi connectivity index (χ4v) is 7.57. The molecule has 0 saturated heterocycles. The summed E-state index contributed by atoms with van der Waals surface area (Å²) in [5.41, 5.74) is -1.41. The Labute approximate surface area is 253 Å². The van der Waals surface area contributed by atoms with E-state index < -0.39 is 59.9 Å². The molecule has 2 saturated carbocycles. The molecule has 2 aliphatic carbocycles. The first-order valence-corrected chi connectivity index (χ1v) is 15.0. The number of Topliss-reactive ketones (excluding diaryl/α,β-unsaturated/α-hetero) is 1. The highest BCUT2D eigenvalue weighted by molar-refractivity contribution is 6.61. The molecular formula is C32H44BFO9. The predicted octanol–water partition coefficient (Wildman–Crippen LogP) is 3.65. The lowest BCUT2D eigenvalue weighted by Gasteiger charge is -2.60. The summed E-state index contributed by atoms with van der Waals surface area (Å²) in [6, 6.07) is 2.97. The van der Waals surface area contributed by atoms with Crippen molar-refractivity contribution in [1.82, 2.24) is 0 Å². The summed E-state index contributed by atoms with van der Waals surface area (Å²) < 4.78 is 36.6. The van der Waals surface area contributed by atoms with Gasteiger partial charge in [-0.3, -0.25) is 0 Å². The Hall–Kier alpha value is -2.76. The maximum Gasteiger partial charge on any atom is 0.494 e. The quantitative estimate of drug-likeness (QED) is 0.247. The third-order valence-electron chi connectivity index (χ3n) is 10.7. The molecule has 0 unspecified atom stereocenters. The average molecular weight is 603 g/mol. The molecule has 3 aliphatic rings. The summed E-state index contributed by atoms with van der Waals surface area (Å²) in [4.78, 5) is 37.5. The molecule has 7 atom stereocenters. The molecule has 4 rings (SSSR count). The van der Waals surface area contributed by atoms with Crippen LogP contribution in [-0.2, 0) is 35.1 Å². The first kappa shape index (κ1) is 33.1. The molecule has 1 aliphatic heterocycles. The van der Waals surface area contributed by atoms with Gasteiger partial charge in [0.1, 0.15) is 11.9 Å². The molecule has 0 radical (unpaired) electrons. The van der Waals surface area contributed by atoms with Gasteiger partial charge in [0, 0.05) is 28.8 Å². The van der Waals surface area contributed by atoms with E-state index in [-0.39, 0.29) is 41.9 Å². The number of methoxy groups -OCH3 is 1. The highest BCUT2D eigenvalue weighted by Crippen LogP contribution is 2.62. The highest BCUT2D eigenvalue weighted by Gasteiger charge is 2.59. The number of aliphatic hydroxyl groups excluding tert-OH is 1. The zero-order valence-electron chi connectivity index (χ0n) is 26.0. The van der Waals surface area contributed by atoms with Crippen molar-refractivity contribution in [3.8, 4) is 5.75 Å². The minimum absolute atomic E-state index is 0.00686. The summed E-state index contributed by atoms with van der Waals surface area (Å²) in [5.74, 6) is -2.27. The van der Waals surface area contributed by atoms with Crippen LogP contribution in [0, 0.1) is 33.9 Å². The number of esters is 2. The smallest absolute Gasteiger partial charge is 0.479 e. The molecule has 0 spiro atoms. The lowest BCUT2D eigenvalue weighted by atomic mass is 9.47. The van der Waals surface area contributed by atoms with Crippen LogP contribution in [-0.4, -0.2) is 60.9 Å². The Morgan fingerprint density at radius 3 is 2.63 bits per heavy atom. The largest absolute Gasteiger partial charge is 0.494 e. The Bertz CT molecular complexity index is 1270. The second-order valence-electron chi connectivity index (χ2n) is 13.4. The van der Waals surface area contributed by atoms with Crippen molar-refractivity contribution in [1.29, 1.82) is 0 Å². The van der Waals surface area contributed by atoms with E-state index in [0.29, 0.717) is 24.8 Å². The topological polar surface area (TPSA) is 129 Å². The van der Waals surface area contributed by atoms with Crippen molar-refractivity contribution in [3.63, 3.8) is 0 Å². The molecule has 0 amide bonds. The Morgan fingerprint density at radius 2 is 1.95 bits per heavy atom. The van der Waals surface area contributed by atoms with Gasteiger partial charge in [-0.05, 0) is 67.9 Å². The molecule has 2 N–H and O–H groups in total. The monoisotopic (exact) mass is 602 g/mol. The SMILES string of the molecule is COC(=O)/C=C/[C@]1(C)C[C@@H](OC(=O)COc2ccc3c(c2F)B(O)OC3)[C@@]2(C)C[C@](CCC(C)=O)(CC[C@H]2C)[C@@H](C)[C@@H]1O. The van der Waals surface area contributed by atoms with Gasteiger partial charge in [-0.1, -0.05) is 39.8 Å². The van der Waals surface area contributed by atoms with Crippen molar-refractivity contribution >= 4 is 30.3 Å². The van der Waals surface area contributed by atoms with Crippen molar-refractivity contribution < 1.29 is 47.8 Å². The number of hydrogen-bond donors (Lipinski definition) is 2. The van der Waals surface area contributed by atoms with Crippen LogP contribution in [0.5, 0.6) is 5.75 Å². The van der Waals surface area contributed by atoms with Crippen molar-refractivity contribution in [2.24, 2.45) is 28.1 Å². The van der Waals surface area contributed by atoms with Crippen LogP contribution in [0.3, 0.4) is 0 Å². The van der Waals surface area contributed by atoms with E-state index in [0.717, 1.165) is 12.8 Å². The minimum atomic E-state index is -1.40. The normalized spacial score (nSPS) is 33.8. The zero-order valence-corrected chi connectivity index (χ0v) is 26.0. The van der Waals surface area contributed by atoms with Crippen molar-refractivity contribution in [2.75, 3.05) is 13.7 Å². The molecule has 9 nitrogen and oxygen atoms in total. The van der Waals surface area contributed by atoms with Gasteiger partial charge in [0.15, 0.2) is 18.2 Å². The second-order valence-corrected chi connectivity index (χ2v) is 13.4. The van der Waals surface area contributed by atoms with Gasteiger partial charge < -0.3 is 33.8 Å². The summed E-state index contributed by atoms with van der Waals surface area (Å²) in [6.45, 7) is 9.15. The first-order valence-electron chi connectivity index (χ1n) is 15.0. The first-order chi connectivity index (χ1) is 20.2. The molecular weight excluding hydrogens is 558 g/mol. The lowest BCUT2D eigenvalue weighted by Crippen LogP contribution is -2.58. The van der Waals surface area contributed by atoms with E-state index >= 15 is 4.39 Å². The van der Waals surface area contributed by atoms with Gasteiger partial charge >= 0.3 is 19.1 Å². The number of ether oxygens (including phenoxy) is 3. The number of hydrogen-bond acceptors (Lipinski definition) is 9. The van der Waals surface area contributed by atoms with Crippen LogP contribution in [0.25, 0.3) is 0 Å². The van der Waals surface area contributed by atoms with Crippen LogP contribution in [0.1, 0.15) is 78.7 Å². The highest BCUT2D eigenvalue weighted by atomic mass is 19.1. The summed E-state index contributed by atoms with van der Waals surface area (Å²) in [5, 5.41) is 21.8. The molecule has 43 heavy (non-hydrogen) atoms. The van der Waals surface area contributed by atoms with Gasteiger partial charge in [0.2, 0.25) is 0 Å². The van der Waals surface area contributed by atoms with Crippen molar-refractivity contribution in [3.05, 3.63) is 35.7 Å². The standard InChI is InChI=1S/C32H44BFO9/c1-19-9-13-32(14-10-20(2)35)18-31(19,5)24(15-30(4,29(38)21(32)3)12-11-25(36)40-6)43-26(37)17-41-23-8-7-22-16-42-33(39)27(22)28(23)34/h7-8,11-12,19,21,24,29,38-39H,9-10,13-18H2,1-6H3/b12-11+/t19-,21+,24-,29+,30-,31+,32-/m1/s1. The Morgan fingerprint density at radius 1 is 1.23 bits per heavy atom. The van der Waals surface area contributed by atoms with Crippen molar-refractivity contribution in [2.45, 2.75) is 92.0 Å². The summed E-state index contributed by atoms with van der Waals surface area (Å²) in [6.07, 6.45) is 4.79. The second kappa shape index (κ2) is 12.7. The molecule has 236 valence electrons. The summed E-state index contributed by atoms with van der Waals surface area (Å²) in [7, 11) is -0.126. The minimum Gasteiger partial charge on any atom is -0.479 e. The van der Waals surface area contributed by atoms with Gasteiger partial charge in [0.05, 0.1) is 19.8 Å². The molecule has 11 heteroatoms. The number of halogens is 1. The predicted molar refractivity (Wildman–Crippen MR) is 157 cm³/mol. The van der Waals surface area contributed by atoms with Gasteiger partial charge in [-0.15, -0.1) is 0 Å². The molecule has 0 aromatic heterocycles. The van der Waals surface area contributed by atoms with Crippen LogP contribution >= 0.6 is 0 Å². The van der Waals surface area contributed by atoms with Crippen LogP contribution in [0.2, 0.25) is 0 Å². The van der Waals surface area contributed by atoms with E-state index in [1.165, 1.54) is 19.3 Å². The maximum absolute atomic E-state index is 15.0. The number of carbonyl (C=O) groups excluding carboxylic acids is 3. The number of ketones is 1. The molecule has 2 bridgehead atoms. The lowest BCUT2D eigenvalue weighted by molar-refractivity contribution is -0.190. The van der Waals surface area contributed by atoms with E-state index in [9.17, 15) is 24.5 Å². The Balaban J connectivity index is 1.65. The third-order valence-corrected chi connectivity index (χ3v) is 10.7. The number of benzene rings is 1. The molecule has 1 aromatic carbocycles. The van der Waals surface area contributed by atoms with E-state index in [2.05, 4.69) is 13.8 Å².